The Morgan fingerprint density at radius 3 is 2.31 bits per heavy atom. The van der Waals surface area contributed by atoms with E-state index in [1.54, 1.807) is 0 Å². The minimum atomic E-state index is 0.375. The molecule has 0 heterocycles. The first-order valence-electron chi connectivity index (χ1n) is 12.0. The van der Waals surface area contributed by atoms with Crippen LogP contribution in [0, 0.1) is 23.2 Å². The molecule has 0 aromatic heterocycles. The first kappa shape index (κ1) is 29.6. The van der Waals surface area contributed by atoms with Gasteiger partial charge in [-0.3, -0.25) is 4.99 Å². The Hall–Kier alpha value is -1.62. The SMILES string of the molecule is CC.CCCC1CCCC(C#N)C1.C\C=C/C(C(/C)=N/C=C/CC)=C(/C)CCC. The molecule has 0 aliphatic heterocycles. The summed E-state index contributed by atoms with van der Waals surface area (Å²) in [6, 6.07) is 2.39. The van der Waals surface area contributed by atoms with E-state index in [2.05, 4.69) is 63.9 Å². The van der Waals surface area contributed by atoms with Crippen molar-refractivity contribution in [2.45, 2.75) is 113 Å². The van der Waals surface area contributed by atoms with E-state index in [1.807, 2.05) is 27.0 Å². The molecule has 0 spiro atoms. The fraction of sp³-hybridized carbons (Fsp3) is 0.704. The van der Waals surface area contributed by atoms with Crippen molar-refractivity contribution in [1.82, 2.24) is 0 Å². The maximum Gasteiger partial charge on any atom is 0.0655 e. The minimum absolute atomic E-state index is 0.375. The summed E-state index contributed by atoms with van der Waals surface area (Å²) >= 11 is 0. The molecule has 0 bridgehead atoms. The van der Waals surface area contributed by atoms with Crippen molar-refractivity contribution in [3.8, 4) is 6.07 Å². The molecule has 1 aliphatic rings. The van der Waals surface area contributed by atoms with Gasteiger partial charge in [0.05, 0.1) is 6.07 Å². The lowest BCUT2D eigenvalue weighted by Gasteiger charge is -2.24. The van der Waals surface area contributed by atoms with Crippen molar-refractivity contribution in [1.29, 1.82) is 5.26 Å². The molecule has 1 aliphatic carbocycles. The van der Waals surface area contributed by atoms with Crippen molar-refractivity contribution in [2.75, 3.05) is 0 Å². The second-order valence-corrected chi connectivity index (χ2v) is 7.60. The molecule has 0 aromatic rings. The van der Waals surface area contributed by atoms with Gasteiger partial charge in [-0.1, -0.05) is 90.5 Å². The van der Waals surface area contributed by atoms with Crippen LogP contribution in [0.4, 0.5) is 0 Å². The Bertz CT molecular complexity index is 541. The zero-order chi connectivity index (χ0) is 22.5. The van der Waals surface area contributed by atoms with Crippen molar-refractivity contribution in [2.24, 2.45) is 16.8 Å². The summed E-state index contributed by atoms with van der Waals surface area (Å²) in [6.07, 6.45) is 19.2. The highest BCUT2D eigenvalue weighted by atomic mass is 14.7. The van der Waals surface area contributed by atoms with E-state index in [9.17, 15) is 0 Å². The van der Waals surface area contributed by atoms with Gasteiger partial charge in [-0.2, -0.15) is 5.26 Å². The first-order valence-corrected chi connectivity index (χ1v) is 12.0. The molecule has 1 rings (SSSR count). The van der Waals surface area contributed by atoms with Crippen LogP contribution < -0.4 is 0 Å². The molecule has 0 amide bonds. The lowest BCUT2D eigenvalue weighted by Crippen LogP contribution is -2.13. The maximum absolute atomic E-state index is 8.73. The number of nitrogens with zero attached hydrogens (tertiary/aromatic N) is 2. The van der Waals surface area contributed by atoms with Crippen LogP contribution in [-0.2, 0) is 0 Å². The quantitative estimate of drug-likeness (QED) is 0.295. The molecular weight excluding hydrogens is 352 g/mol. The number of allylic oxidation sites excluding steroid dienone is 5. The lowest BCUT2D eigenvalue weighted by atomic mass is 9.80. The molecule has 2 nitrogen and oxygen atoms in total. The van der Waals surface area contributed by atoms with Crippen LogP contribution in [-0.4, -0.2) is 5.71 Å². The second kappa shape index (κ2) is 21.1. The van der Waals surface area contributed by atoms with E-state index < -0.39 is 0 Å². The molecule has 0 N–H and O–H groups in total. The van der Waals surface area contributed by atoms with Crippen LogP contribution in [0.3, 0.4) is 0 Å². The first-order chi connectivity index (χ1) is 14.0. The third-order valence-corrected chi connectivity index (χ3v) is 5.08. The standard InChI is InChI=1S/C15H25N.C10H17N.C2H6/c1-6-9-12-16-14(5)15(11-8-3)13(4)10-7-2;1-2-4-9-5-3-6-10(7-9)8-11;1-2/h8-9,11-12H,6-7,10H2,1-5H3;9-10H,2-7H2,1H3;1-2H3/b11-8-,12-9+,15-13+,16-14+;;. The number of nitriles is 1. The average molecular weight is 401 g/mol. The van der Waals surface area contributed by atoms with E-state index in [0.29, 0.717) is 5.92 Å². The third-order valence-electron chi connectivity index (χ3n) is 5.08. The molecule has 29 heavy (non-hydrogen) atoms. The highest BCUT2D eigenvalue weighted by Gasteiger charge is 2.20. The molecule has 2 heteroatoms. The molecule has 0 saturated heterocycles. The zero-order valence-corrected chi connectivity index (χ0v) is 20.7. The Kier molecular flexibility index (Phi) is 21.5. The summed E-state index contributed by atoms with van der Waals surface area (Å²) in [5.74, 6) is 1.23. The molecule has 0 radical (unpaired) electrons. The normalized spacial score (nSPS) is 20.3. The largest absolute Gasteiger partial charge is 0.261 e. The molecule has 1 fully saturated rings. The van der Waals surface area contributed by atoms with Gasteiger partial charge in [-0.05, 0) is 57.9 Å². The van der Waals surface area contributed by atoms with Gasteiger partial charge in [0.2, 0.25) is 0 Å². The van der Waals surface area contributed by atoms with Gasteiger partial charge in [0.15, 0.2) is 0 Å². The monoisotopic (exact) mass is 400 g/mol. The molecular formula is C27H48N2. The summed E-state index contributed by atoms with van der Waals surface area (Å²) < 4.78 is 0. The molecule has 1 saturated carbocycles. The van der Waals surface area contributed by atoms with E-state index >= 15 is 0 Å². The van der Waals surface area contributed by atoms with Crippen LogP contribution in [0.1, 0.15) is 113 Å². The Balaban J connectivity index is 0. The third kappa shape index (κ3) is 15.0. The summed E-state index contributed by atoms with van der Waals surface area (Å²) in [5, 5.41) is 8.73. The smallest absolute Gasteiger partial charge is 0.0655 e. The van der Waals surface area contributed by atoms with Crippen molar-refractivity contribution in [3.63, 3.8) is 0 Å². The van der Waals surface area contributed by atoms with Gasteiger partial charge >= 0.3 is 0 Å². The Labute approximate surface area is 182 Å². The predicted octanol–water partition coefficient (Wildman–Crippen LogP) is 9.21. The number of rotatable bonds is 8. The van der Waals surface area contributed by atoms with Crippen LogP contribution in [0.2, 0.25) is 0 Å². The fourth-order valence-corrected chi connectivity index (χ4v) is 3.67. The number of hydrogen-bond acceptors (Lipinski definition) is 2. The summed E-state index contributed by atoms with van der Waals surface area (Å²) in [7, 11) is 0. The van der Waals surface area contributed by atoms with Gasteiger partial charge in [0, 0.05) is 17.8 Å². The van der Waals surface area contributed by atoms with Gasteiger partial charge in [0.25, 0.3) is 0 Å². The average Bonchev–Trinajstić information content (AvgIpc) is 2.74. The topological polar surface area (TPSA) is 36.1 Å². The number of hydrogen-bond donors (Lipinski definition) is 0. The maximum atomic E-state index is 8.73. The minimum Gasteiger partial charge on any atom is -0.261 e. The predicted molar refractivity (Wildman–Crippen MR) is 132 cm³/mol. The van der Waals surface area contributed by atoms with Crippen LogP contribution >= 0.6 is 0 Å². The van der Waals surface area contributed by atoms with Gasteiger partial charge in [0.1, 0.15) is 0 Å². The lowest BCUT2D eigenvalue weighted by molar-refractivity contribution is 0.293. The number of aliphatic imine (C=N–C) groups is 1. The fourth-order valence-electron chi connectivity index (χ4n) is 3.67. The molecule has 2 unspecified atom stereocenters. The van der Waals surface area contributed by atoms with Crippen LogP contribution in [0.25, 0.3) is 0 Å². The Morgan fingerprint density at radius 1 is 1.10 bits per heavy atom. The highest BCUT2D eigenvalue weighted by molar-refractivity contribution is 6.01. The van der Waals surface area contributed by atoms with Crippen molar-refractivity contribution in [3.05, 3.63) is 35.6 Å². The summed E-state index contributed by atoms with van der Waals surface area (Å²) in [5.41, 5.74) is 3.81. The molecule has 2 atom stereocenters. The summed E-state index contributed by atoms with van der Waals surface area (Å²) in [4.78, 5) is 4.46. The van der Waals surface area contributed by atoms with E-state index in [4.69, 9.17) is 5.26 Å². The van der Waals surface area contributed by atoms with E-state index in [1.165, 1.54) is 49.7 Å². The van der Waals surface area contributed by atoms with Gasteiger partial charge < -0.3 is 0 Å². The van der Waals surface area contributed by atoms with Crippen molar-refractivity contribution >= 4 is 5.71 Å². The molecule has 0 aromatic carbocycles. The van der Waals surface area contributed by atoms with Crippen LogP contribution in [0.15, 0.2) is 40.6 Å². The second-order valence-electron chi connectivity index (χ2n) is 7.60. The van der Waals surface area contributed by atoms with E-state index in [-0.39, 0.29) is 0 Å². The Morgan fingerprint density at radius 2 is 1.79 bits per heavy atom. The van der Waals surface area contributed by atoms with Gasteiger partial charge in [-0.25, -0.2) is 0 Å². The highest BCUT2D eigenvalue weighted by Crippen LogP contribution is 2.31. The van der Waals surface area contributed by atoms with Crippen molar-refractivity contribution < 1.29 is 0 Å². The molecule has 166 valence electrons. The van der Waals surface area contributed by atoms with Crippen LogP contribution in [0.5, 0.6) is 0 Å². The summed E-state index contributed by atoms with van der Waals surface area (Å²) in [6.45, 7) is 16.9. The van der Waals surface area contributed by atoms with E-state index in [0.717, 1.165) is 30.9 Å². The van der Waals surface area contributed by atoms with Gasteiger partial charge in [-0.15, -0.1) is 0 Å². The zero-order valence-electron chi connectivity index (χ0n) is 20.7.